The van der Waals surface area contributed by atoms with Crippen LogP contribution in [-0.2, 0) is 4.74 Å². The molecule has 0 aromatic heterocycles. The molecule has 2 nitrogen and oxygen atoms in total. The van der Waals surface area contributed by atoms with Gasteiger partial charge >= 0.3 is 0 Å². The molecule has 1 heterocycles. The van der Waals surface area contributed by atoms with E-state index in [1.165, 1.54) is 27.8 Å². The van der Waals surface area contributed by atoms with Crippen LogP contribution in [0.5, 0.6) is 0 Å². The molecule has 1 fully saturated rings. The molecule has 2 heteroatoms. The lowest BCUT2D eigenvalue weighted by molar-refractivity contribution is 0.0797. The van der Waals surface area contributed by atoms with Gasteiger partial charge in [-0.3, -0.25) is 0 Å². The fraction of sp³-hybridized carbons (Fsp3) is 0.647. The fourth-order valence-corrected chi connectivity index (χ4v) is 3.28. The first-order valence-corrected chi connectivity index (χ1v) is 7.21. The van der Waals surface area contributed by atoms with Crippen LogP contribution >= 0.6 is 0 Å². The van der Waals surface area contributed by atoms with Crippen LogP contribution in [0, 0.1) is 40.5 Å². The molecule has 2 rings (SSSR count). The molecule has 0 radical (unpaired) electrons. The summed E-state index contributed by atoms with van der Waals surface area (Å²) in [6.07, 6.45) is 0.822. The molecule has 1 aromatic carbocycles. The Kier molecular flexibility index (Phi) is 4.03. The maximum absolute atomic E-state index is 10.8. The topological polar surface area (TPSA) is 29.5 Å². The molecule has 3 unspecified atom stereocenters. The fourth-order valence-electron chi connectivity index (χ4n) is 3.28. The zero-order valence-electron chi connectivity index (χ0n) is 13.0. The summed E-state index contributed by atoms with van der Waals surface area (Å²) in [7, 11) is 0. The Balaban J connectivity index is 2.45. The number of aliphatic hydroxyl groups excluding tert-OH is 1. The second-order valence-electron chi connectivity index (χ2n) is 6.12. The van der Waals surface area contributed by atoms with Crippen molar-refractivity contribution in [3.05, 3.63) is 33.4 Å². The highest BCUT2D eigenvalue weighted by Crippen LogP contribution is 2.37. The number of ether oxygens (including phenoxy) is 1. The van der Waals surface area contributed by atoms with Crippen molar-refractivity contribution >= 4 is 0 Å². The zero-order valence-corrected chi connectivity index (χ0v) is 13.0. The van der Waals surface area contributed by atoms with Crippen molar-refractivity contribution < 1.29 is 9.84 Å². The van der Waals surface area contributed by atoms with E-state index >= 15 is 0 Å². The number of aliphatic hydroxyl groups is 1. The van der Waals surface area contributed by atoms with Gasteiger partial charge in [-0.15, -0.1) is 0 Å². The van der Waals surface area contributed by atoms with E-state index in [1.54, 1.807) is 0 Å². The lowest BCUT2D eigenvalue weighted by atomic mass is 9.83. The minimum Gasteiger partial charge on any atom is -0.388 e. The van der Waals surface area contributed by atoms with Gasteiger partial charge in [-0.2, -0.15) is 0 Å². The Morgan fingerprint density at radius 1 is 0.947 bits per heavy atom. The second kappa shape index (κ2) is 5.26. The molecule has 0 amide bonds. The maximum atomic E-state index is 10.8. The standard InChI is InChI=1S/C17H26O2/c1-9-7-15(8-19-9)17(18)16-13(5)11(3)10(2)12(4)14(16)6/h9,15,17-18H,7-8H2,1-6H3. The van der Waals surface area contributed by atoms with E-state index in [1.807, 2.05) is 0 Å². The van der Waals surface area contributed by atoms with Gasteiger partial charge in [0, 0.05) is 5.92 Å². The molecule has 1 aliphatic rings. The van der Waals surface area contributed by atoms with Gasteiger partial charge in [0.25, 0.3) is 0 Å². The molecule has 1 aliphatic heterocycles. The molecule has 1 N–H and O–H groups in total. The maximum Gasteiger partial charge on any atom is 0.0846 e. The van der Waals surface area contributed by atoms with Gasteiger partial charge in [-0.25, -0.2) is 0 Å². The molecular formula is C17H26O2. The van der Waals surface area contributed by atoms with Crippen LogP contribution in [0.25, 0.3) is 0 Å². The van der Waals surface area contributed by atoms with E-state index in [-0.39, 0.29) is 12.0 Å². The van der Waals surface area contributed by atoms with Gasteiger partial charge < -0.3 is 9.84 Å². The summed E-state index contributed by atoms with van der Waals surface area (Å²) in [5.41, 5.74) is 7.58. The molecule has 1 aromatic rings. The highest BCUT2D eigenvalue weighted by Gasteiger charge is 2.31. The summed E-state index contributed by atoms with van der Waals surface area (Å²) < 4.78 is 5.61. The lowest BCUT2D eigenvalue weighted by Crippen LogP contribution is -2.17. The lowest BCUT2D eigenvalue weighted by Gasteiger charge is -2.25. The largest absolute Gasteiger partial charge is 0.388 e. The van der Waals surface area contributed by atoms with Crippen LogP contribution < -0.4 is 0 Å². The first kappa shape index (κ1) is 14.5. The summed E-state index contributed by atoms with van der Waals surface area (Å²) >= 11 is 0. The van der Waals surface area contributed by atoms with Crippen LogP contribution in [0.4, 0.5) is 0 Å². The van der Waals surface area contributed by atoms with Gasteiger partial charge in [0.05, 0.1) is 18.8 Å². The predicted molar refractivity (Wildman–Crippen MR) is 78.6 cm³/mol. The van der Waals surface area contributed by atoms with Crippen LogP contribution in [0.2, 0.25) is 0 Å². The van der Waals surface area contributed by atoms with E-state index in [0.29, 0.717) is 6.61 Å². The summed E-state index contributed by atoms with van der Waals surface area (Å²) in [4.78, 5) is 0. The average molecular weight is 262 g/mol. The molecule has 106 valence electrons. The van der Waals surface area contributed by atoms with E-state index in [9.17, 15) is 5.11 Å². The third-order valence-corrected chi connectivity index (χ3v) is 5.03. The molecule has 19 heavy (non-hydrogen) atoms. The zero-order chi connectivity index (χ0) is 14.3. The monoisotopic (exact) mass is 262 g/mol. The molecular weight excluding hydrogens is 236 g/mol. The van der Waals surface area contributed by atoms with E-state index in [4.69, 9.17) is 4.74 Å². The van der Waals surface area contributed by atoms with E-state index in [2.05, 4.69) is 41.5 Å². The molecule has 1 saturated heterocycles. The Morgan fingerprint density at radius 2 is 1.42 bits per heavy atom. The first-order valence-electron chi connectivity index (χ1n) is 7.21. The minimum atomic E-state index is -0.400. The number of benzene rings is 1. The highest BCUT2D eigenvalue weighted by molar-refractivity contribution is 5.50. The Labute approximate surface area is 116 Å². The van der Waals surface area contributed by atoms with Crippen molar-refractivity contribution in [3.8, 4) is 0 Å². The molecule has 0 saturated carbocycles. The Bertz CT molecular complexity index is 462. The van der Waals surface area contributed by atoms with Crippen molar-refractivity contribution in [3.63, 3.8) is 0 Å². The van der Waals surface area contributed by atoms with Crippen LogP contribution in [0.15, 0.2) is 0 Å². The molecule has 3 atom stereocenters. The predicted octanol–water partition coefficient (Wildman–Crippen LogP) is 3.69. The van der Waals surface area contributed by atoms with Crippen molar-refractivity contribution in [2.45, 2.75) is 60.2 Å². The minimum absolute atomic E-state index is 0.230. The van der Waals surface area contributed by atoms with Crippen LogP contribution in [-0.4, -0.2) is 17.8 Å². The Hall–Kier alpha value is -0.860. The normalized spacial score (nSPS) is 24.8. The van der Waals surface area contributed by atoms with E-state index < -0.39 is 6.10 Å². The third kappa shape index (κ3) is 2.44. The second-order valence-corrected chi connectivity index (χ2v) is 6.12. The van der Waals surface area contributed by atoms with Gasteiger partial charge in [-0.1, -0.05) is 0 Å². The Morgan fingerprint density at radius 3 is 1.84 bits per heavy atom. The quantitative estimate of drug-likeness (QED) is 0.881. The van der Waals surface area contributed by atoms with Gasteiger partial charge in [0.1, 0.15) is 0 Å². The highest BCUT2D eigenvalue weighted by atomic mass is 16.5. The van der Waals surface area contributed by atoms with Gasteiger partial charge in [0.15, 0.2) is 0 Å². The number of hydrogen-bond acceptors (Lipinski definition) is 2. The molecule has 0 spiro atoms. The van der Waals surface area contributed by atoms with Crippen LogP contribution in [0.1, 0.15) is 52.8 Å². The summed E-state index contributed by atoms with van der Waals surface area (Å²) in [5, 5.41) is 10.8. The van der Waals surface area contributed by atoms with Crippen molar-refractivity contribution in [1.82, 2.24) is 0 Å². The first-order chi connectivity index (χ1) is 8.84. The average Bonchev–Trinajstić information content (AvgIpc) is 2.81. The van der Waals surface area contributed by atoms with Crippen molar-refractivity contribution in [1.29, 1.82) is 0 Å². The van der Waals surface area contributed by atoms with Crippen LogP contribution in [0.3, 0.4) is 0 Å². The molecule has 0 bridgehead atoms. The van der Waals surface area contributed by atoms with Crippen molar-refractivity contribution in [2.24, 2.45) is 5.92 Å². The SMILES string of the molecule is Cc1c(C)c(C)c(C(O)C2COC(C)C2)c(C)c1C. The smallest absolute Gasteiger partial charge is 0.0846 e. The van der Waals surface area contributed by atoms with Crippen molar-refractivity contribution in [2.75, 3.05) is 6.61 Å². The van der Waals surface area contributed by atoms with E-state index in [0.717, 1.165) is 12.0 Å². The summed E-state index contributed by atoms with van der Waals surface area (Å²) in [6, 6.07) is 0. The summed E-state index contributed by atoms with van der Waals surface area (Å²) in [6.45, 7) is 13.5. The summed E-state index contributed by atoms with van der Waals surface area (Å²) in [5.74, 6) is 0.230. The van der Waals surface area contributed by atoms with Gasteiger partial charge in [0.2, 0.25) is 0 Å². The number of hydrogen-bond donors (Lipinski definition) is 1. The molecule has 0 aliphatic carbocycles. The van der Waals surface area contributed by atoms with Gasteiger partial charge in [-0.05, 0) is 81.3 Å². The number of rotatable bonds is 2. The third-order valence-electron chi connectivity index (χ3n) is 5.03.